The van der Waals surface area contributed by atoms with Gasteiger partial charge in [0.2, 0.25) is 11.8 Å². The van der Waals surface area contributed by atoms with E-state index in [1.807, 2.05) is 65.2 Å². The molecular weight excluding hydrogens is 873 g/mol. The number of nitrogens with zero attached hydrogens (tertiary/aromatic N) is 4. The Labute approximate surface area is 392 Å². The number of nitrogens with one attached hydrogen (secondary N) is 1. The Bertz CT molecular complexity index is 3020. The highest BCUT2D eigenvalue weighted by atomic mass is 35.5. The third kappa shape index (κ3) is 11.3. The number of rotatable bonds is 21. The first kappa shape index (κ1) is 45.4. The molecule has 9 rings (SSSR count). The summed E-state index contributed by atoms with van der Waals surface area (Å²) in [7, 11) is 0. The first-order valence-electron chi connectivity index (χ1n) is 22.4. The van der Waals surface area contributed by atoms with E-state index < -0.39 is 6.04 Å². The molecule has 1 atom stereocenters. The SMILES string of the molecule is O=C1CCC(n2c3ccc(CCCOCCOCCOCCOc4ccc(-c5ccc6ncnc(Cc7ccc(OCc8cccc(F)c8)c(Cl)c7)c6c5)cc4)cc3c3cccnc32)C(=O)N1. The Morgan fingerprint density at radius 3 is 2.28 bits per heavy atom. The number of aryl methyl sites for hydroxylation is 1. The number of fused-ring (bicyclic) bond motifs is 4. The second kappa shape index (κ2) is 21.7. The normalized spacial score (nSPS) is 14.0. The van der Waals surface area contributed by atoms with E-state index >= 15 is 0 Å². The zero-order valence-electron chi connectivity index (χ0n) is 36.8. The lowest BCUT2D eigenvalue weighted by atomic mass is 10.00. The summed E-state index contributed by atoms with van der Waals surface area (Å²) >= 11 is 6.60. The molecule has 0 bridgehead atoms. The van der Waals surface area contributed by atoms with Crippen molar-refractivity contribution in [2.24, 2.45) is 0 Å². The highest BCUT2D eigenvalue weighted by Crippen LogP contribution is 2.35. The molecule has 14 heteroatoms. The minimum atomic E-state index is -0.475. The van der Waals surface area contributed by atoms with Crippen molar-refractivity contribution in [3.63, 3.8) is 0 Å². The predicted molar refractivity (Wildman–Crippen MR) is 255 cm³/mol. The Balaban J connectivity index is 0.660. The van der Waals surface area contributed by atoms with Crippen LogP contribution in [0, 0.1) is 5.82 Å². The summed E-state index contributed by atoms with van der Waals surface area (Å²) in [5, 5.41) is 5.94. The van der Waals surface area contributed by atoms with Crippen LogP contribution < -0.4 is 14.8 Å². The van der Waals surface area contributed by atoms with Gasteiger partial charge in [-0.05, 0) is 120 Å². The van der Waals surface area contributed by atoms with Gasteiger partial charge in [-0.15, -0.1) is 0 Å². The number of halogens is 2. The van der Waals surface area contributed by atoms with Gasteiger partial charge in [0.25, 0.3) is 0 Å². The van der Waals surface area contributed by atoms with Gasteiger partial charge < -0.3 is 28.3 Å². The summed E-state index contributed by atoms with van der Waals surface area (Å²) in [4.78, 5) is 38.3. The van der Waals surface area contributed by atoms with Gasteiger partial charge >= 0.3 is 0 Å². The fourth-order valence-electron chi connectivity index (χ4n) is 8.39. The monoisotopic (exact) mass is 921 g/mol. The lowest BCUT2D eigenvalue weighted by Crippen LogP contribution is -2.41. The Kier molecular flexibility index (Phi) is 14.7. The van der Waals surface area contributed by atoms with E-state index in [9.17, 15) is 14.0 Å². The van der Waals surface area contributed by atoms with Gasteiger partial charge in [-0.1, -0.05) is 54.1 Å². The lowest BCUT2D eigenvalue weighted by Gasteiger charge is -2.23. The molecule has 5 aromatic carbocycles. The molecule has 1 aliphatic heterocycles. The molecule has 2 amide bonds. The van der Waals surface area contributed by atoms with Crippen molar-refractivity contribution in [1.82, 2.24) is 24.8 Å². The van der Waals surface area contributed by atoms with Crippen LogP contribution in [-0.2, 0) is 43.2 Å². The smallest absolute Gasteiger partial charge is 0.249 e. The van der Waals surface area contributed by atoms with E-state index in [-0.39, 0.29) is 24.2 Å². The van der Waals surface area contributed by atoms with E-state index in [2.05, 4.69) is 50.6 Å². The lowest BCUT2D eigenvalue weighted by molar-refractivity contribution is -0.135. The summed E-state index contributed by atoms with van der Waals surface area (Å²) in [6.45, 7) is 3.57. The van der Waals surface area contributed by atoms with Crippen molar-refractivity contribution in [3.05, 3.63) is 161 Å². The van der Waals surface area contributed by atoms with Gasteiger partial charge in [0.15, 0.2) is 0 Å². The number of benzene rings is 5. The number of amides is 2. The first-order chi connectivity index (χ1) is 32.9. The summed E-state index contributed by atoms with van der Waals surface area (Å²) in [5.41, 5.74) is 8.36. The van der Waals surface area contributed by atoms with Crippen LogP contribution in [0.2, 0.25) is 5.02 Å². The predicted octanol–water partition coefficient (Wildman–Crippen LogP) is 9.80. The zero-order valence-corrected chi connectivity index (χ0v) is 37.6. The van der Waals surface area contributed by atoms with E-state index in [0.717, 1.165) is 79.4 Å². The summed E-state index contributed by atoms with van der Waals surface area (Å²) in [6, 6.07) is 35.9. The molecule has 342 valence electrons. The molecule has 8 aromatic rings. The van der Waals surface area contributed by atoms with Crippen LogP contribution in [0.5, 0.6) is 11.5 Å². The molecule has 0 radical (unpaired) electrons. The van der Waals surface area contributed by atoms with Crippen LogP contribution >= 0.6 is 11.6 Å². The standard InChI is InChI=1S/C53H49ClFN5O7/c54-45-30-36(9-18-50(45)67-33-37-4-1-6-40(55)28-37)31-47-44-32-39(12-15-46(44)57-34-58-47)38-10-13-41(14-11-38)66-27-26-65-25-24-64-23-22-63-21-3-5-35-8-16-48-43(29-35)42-7-2-20-56-52(42)60(48)49-17-19-51(61)59-53(49)62/h1-2,4,6-16,18,20,28-30,32,34,49H,3,5,17,19,21-27,31,33H2,(H,59,61,62). The van der Waals surface area contributed by atoms with Crippen LogP contribution in [0.25, 0.3) is 44.0 Å². The van der Waals surface area contributed by atoms with Gasteiger partial charge in [0.05, 0.1) is 54.8 Å². The molecule has 1 unspecified atom stereocenters. The molecule has 0 saturated carbocycles. The van der Waals surface area contributed by atoms with E-state index in [1.54, 1.807) is 24.7 Å². The van der Waals surface area contributed by atoms with Gasteiger partial charge in [-0.2, -0.15) is 0 Å². The molecule has 0 spiro atoms. The zero-order chi connectivity index (χ0) is 46.0. The molecule has 1 saturated heterocycles. The average molecular weight is 922 g/mol. The maximum absolute atomic E-state index is 13.6. The van der Waals surface area contributed by atoms with Crippen molar-refractivity contribution in [1.29, 1.82) is 0 Å². The minimum absolute atomic E-state index is 0.212. The number of aromatic nitrogens is 4. The summed E-state index contributed by atoms with van der Waals surface area (Å²) in [5.74, 6) is 0.453. The third-order valence-electron chi connectivity index (χ3n) is 11.7. The summed E-state index contributed by atoms with van der Waals surface area (Å²) in [6.07, 6.45) is 6.32. The van der Waals surface area contributed by atoms with Crippen LogP contribution in [0.1, 0.15) is 47.7 Å². The Hall–Kier alpha value is -6.77. The van der Waals surface area contributed by atoms with Crippen molar-refractivity contribution in [2.45, 2.75) is 44.8 Å². The summed E-state index contributed by atoms with van der Waals surface area (Å²) < 4.78 is 44.6. The molecule has 1 N–H and O–H groups in total. The molecule has 1 aliphatic rings. The van der Waals surface area contributed by atoms with Gasteiger partial charge in [-0.3, -0.25) is 14.9 Å². The molecule has 67 heavy (non-hydrogen) atoms. The molecule has 0 aliphatic carbocycles. The number of pyridine rings is 1. The number of carbonyl (C=O) groups excluding carboxylic acids is 2. The van der Waals surface area contributed by atoms with Gasteiger partial charge in [-0.25, -0.2) is 19.3 Å². The van der Waals surface area contributed by atoms with E-state index in [4.69, 9.17) is 35.3 Å². The molecule has 12 nitrogen and oxygen atoms in total. The van der Waals surface area contributed by atoms with Crippen LogP contribution in [0.3, 0.4) is 0 Å². The Morgan fingerprint density at radius 2 is 1.48 bits per heavy atom. The average Bonchev–Trinajstić information content (AvgIpc) is 3.66. The van der Waals surface area contributed by atoms with Crippen molar-refractivity contribution in [3.8, 4) is 22.6 Å². The number of hydrogen-bond donors (Lipinski definition) is 1. The van der Waals surface area contributed by atoms with Crippen molar-refractivity contribution in [2.75, 3.05) is 46.2 Å². The molecular formula is C53H49ClFN5O7. The van der Waals surface area contributed by atoms with Gasteiger partial charge in [0.1, 0.15) is 48.5 Å². The molecule has 4 heterocycles. The second-order valence-corrected chi connectivity index (χ2v) is 16.7. The van der Waals surface area contributed by atoms with Crippen LogP contribution in [0.4, 0.5) is 4.39 Å². The highest BCUT2D eigenvalue weighted by molar-refractivity contribution is 6.32. The van der Waals surface area contributed by atoms with Crippen LogP contribution in [-0.4, -0.2) is 77.6 Å². The first-order valence-corrected chi connectivity index (χ1v) is 22.8. The fraction of sp³-hybridized carbons (Fsp3) is 0.264. The van der Waals surface area contributed by atoms with Crippen molar-refractivity contribution >= 4 is 56.3 Å². The topological polar surface area (TPSA) is 136 Å². The fourth-order valence-corrected chi connectivity index (χ4v) is 8.64. The Morgan fingerprint density at radius 1 is 0.687 bits per heavy atom. The third-order valence-corrected chi connectivity index (χ3v) is 12.0. The van der Waals surface area contributed by atoms with E-state index in [1.165, 1.54) is 17.7 Å². The largest absolute Gasteiger partial charge is 0.491 e. The number of carbonyl (C=O) groups is 2. The second-order valence-electron chi connectivity index (χ2n) is 16.3. The van der Waals surface area contributed by atoms with E-state index in [0.29, 0.717) is 76.3 Å². The molecule has 3 aromatic heterocycles. The van der Waals surface area contributed by atoms with Crippen LogP contribution in [0.15, 0.2) is 128 Å². The quantitative estimate of drug-likeness (QED) is 0.0548. The maximum Gasteiger partial charge on any atom is 0.249 e. The number of piperidine rings is 1. The van der Waals surface area contributed by atoms with Crippen molar-refractivity contribution < 1.29 is 37.7 Å². The number of ether oxygens (including phenoxy) is 5. The minimum Gasteiger partial charge on any atom is -0.491 e. The molecule has 1 fully saturated rings. The number of imide groups is 1. The van der Waals surface area contributed by atoms with Gasteiger partial charge in [0, 0.05) is 41.8 Å². The maximum atomic E-state index is 13.6. The highest BCUT2D eigenvalue weighted by Gasteiger charge is 2.31. The number of hydrogen-bond acceptors (Lipinski definition) is 10.